The lowest BCUT2D eigenvalue weighted by molar-refractivity contribution is 0.208. The zero-order chi connectivity index (χ0) is 12.8. The fourth-order valence-corrected chi connectivity index (χ4v) is 2.47. The Morgan fingerprint density at radius 1 is 1.33 bits per heavy atom. The predicted molar refractivity (Wildman–Crippen MR) is 73.5 cm³/mol. The van der Waals surface area contributed by atoms with E-state index in [0.717, 1.165) is 30.4 Å². The molecule has 18 heavy (non-hydrogen) atoms. The molecule has 0 bridgehead atoms. The first-order valence-electron chi connectivity index (χ1n) is 7.14. The van der Waals surface area contributed by atoms with Gasteiger partial charge in [0, 0.05) is 6.04 Å². The Balaban J connectivity index is 1.82. The molecule has 0 unspecified atom stereocenters. The molecule has 3 heteroatoms. The lowest BCUT2D eigenvalue weighted by atomic mass is 9.90. The Labute approximate surface area is 110 Å². The van der Waals surface area contributed by atoms with Crippen molar-refractivity contribution in [2.75, 3.05) is 6.61 Å². The molecule has 0 aromatic carbocycles. The number of hydrogen-bond donors (Lipinski definition) is 1. The summed E-state index contributed by atoms with van der Waals surface area (Å²) in [7, 11) is 0. The number of aromatic nitrogens is 1. The first kappa shape index (κ1) is 13.3. The van der Waals surface area contributed by atoms with E-state index in [2.05, 4.69) is 11.9 Å². The van der Waals surface area contributed by atoms with Crippen molar-refractivity contribution in [3.05, 3.63) is 24.0 Å². The van der Waals surface area contributed by atoms with Crippen molar-refractivity contribution in [2.45, 2.75) is 51.5 Å². The minimum absolute atomic E-state index is 0.0393. The fourth-order valence-electron chi connectivity index (χ4n) is 2.47. The summed E-state index contributed by atoms with van der Waals surface area (Å²) in [5, 5.41) is 0. The second-order valence-corrected chi connectivity index (χ2v) is 5.25. The van der Waals surface area contributed by atoms with Crippen LogP contribution in [0.3, 0.4) is 0 Å². The topological polar surface area (TPSA) is 48.1 Å². The van der Waals surface area contributed by atoms with Gasteiger partial charge in [-0.05, 0) is 37.3 Å². The fraction of sp³-hybridized carbons (Fsp3) is 0.667. The molecule has 0 amide bonds. The smallest absolute Gasteiger partial charge is 0.137 e. The lowest BCUT2D eigenvalue weighted by Crippen LogP contribution is -2.15. The van der Waals surface area contributed by atoms with E-state index in [1.165, 1.54) is 32.1 Å². The third-order valence-corrected chi connectivity index (χ3v) is 3.79. The van der Waals surface area contributed by atoms with E-state index >= 15 is 0 Å². The number of nitrogens with two attached hydrogens (primary N) is 1. The van der Waals surface area contributed by atoms with Gasteiger partial charge in [0.15, 0.2) is 0 Å². The normalized spacial score (nSPS) is 18.6. The van der Waals surface area contributed by atoms with Crippen LogP contribution in [0, 0.1) is 5.92 Å². The van der Waals surface area contributed by atoms with Gasteiger partial charge in [-0.25, -0.2) is 0 Å². The average molecular weight is 248 g/mol. The number of pyridine rings is 1. The Kier molecular flexibility index (Phi) is 5.00. The van der Waals surface area contributed by atoms with E-state index in [9.17, 15) is 0 Å². The second-order valence-electron chi connectivity index (χ2n) is 5.25. The van der Waals surface area contributed by atoms with Gasteiger partial charge in [-0.2, -0.15) is 0 Å². The Morgan fingerprint density at radius 3 is 2.72 bits per heavy atom. The number of ether oxygens (including phenoxy) is 1. The lowest BCUT2D eigenvalue weighted by Gasteiger charge is -2.21. The van der Waals surface area contributed by atoms with E-state index in [0.29, 0.717) is 0 Å². The molecule has 0 aliphatic heterocycles. The number of nitrogens with zero attached hydrogens (tertiary/aromatic N) is 1. The molecule has 0 spiro atoms. The summed E-state index contributed by atoms with van der Waals surface area (Å²) < 4.78 is 5.81. The molecule has 100 valence electrons. The third kappa shape index (κ3) is 3.70. The van der Waals surface area contributed by atoms with Gasteiger partial charge in [0.25, 0.3) is 0 Å². The molecule has 0 radical (unpaired) electrons. The summed E-state index contributed by atoms with van der Waals surface area (Å²) in [4.78, 5) is 4.36. The van der Waals surface area contributed by atoms with E-state index in [1.807, 2.05) is 12.1 Å². The van der Waals surface area contributed by atoms with E-state index in [1.54, 1.807) is 6.20 Å². The standard InChI is InChI=1S/C15H24N2O/c1-2-14(16)15-9-8-13(10-17-15)18-11-12-6-4-3-5-7-12/h8-10,12,14H,2-7,11,16H2,1H3/t14-/m1/s1. The van der Waals surface area contributed by atoms with Gasteiger partial charge in [-0.1, -0.05) is 26.2 Å². The molecule has 0 saturated heterocycles. The molecule has 2 rings (SSSR count). The summed E-state index contributed by atoms with van der Waals surface area (Å²) in [5.41, 5.74) is 6.88. The SMILES string of the molecule is CC[C@@H](N)c1ccc(OCC2CCCCC2)cn1. The maximum absolute atomic E-state index is 5.93. The van der Waals surface area contributed by atoms with Crippen molar-refractivity contribution >= 4 is 0 Å². The van der Waals surface area contributed by atoms with Crippen LogP contribution in [0.1, 0.15) is 57.2 Å². The molecule has 1 heterocycles. The monoisotopic (exact) mass is 248 g/mol. The van der Waals surface area contributed by atoms with Gasteiger partial charge in [0.2, 0.25) is 0 Å². The summed E-state index contributed by atoms with van der Waals surface area (Å²) in [5.74, 6) is 1.60. The Bertz CT molecular complexity index is 344. The van der Waals surface area contributed by atoms with Crippen LogP contribution in [0.5, 0.6) is 5.75 Å². The summed E-state index contributed by atoms with van der Waals surface area (Å²) >= 11 is 0. The minimum atomic E-state index is 0.0393. The van der Waals surface area contributed by atoms with Gasteiger partial charge in [0.1, 0.15) is 5.75 Å². The third-order valence-electron chi connectivity index (χ3n) is 3.79. The van der Waals surface area contributed by atoms with Crippen molar-refractivity contribution in [1.82, 2.24) is 4.98 Å². The van der Waals surface area contributed by atoms with Gasteiger partial charge in [-0.3, -0.25) is 4.98 Å². The second kappa shape index (κ2) is 6.74. The Hall–Kier alpha value is -1.09. The molecule has 2 N–H and O–H groups in total. The summed E-state index contributed by atoms with van der Waals surface area (Å²) in [6, 6.07) is 4.00. The molecule has 1 atom stereocenters. The maximum Gasteiger partial charge on any atom is 0.137 e. The quantitative estimate of drug-likeness (QED) is 0.868. The average Bonchev–Trinajstić information content (AvgIpc) is 2.46. The van der Waals surface area contributed by atoms with Crippen LogP contribution >= 0.6 is 0 Å². The van der Waals surface area contributed by atoms with Gasteiger partial charge >= 0.3 is 0 Å². The van der Waals surface area contributed by atoms with Crippen LogP contribution in [0.4, 0.5) is 0 Å². The van der Waals surface area contributed by atoms with Crippen LogP contribution in [-0.2, 0) is 0 Å². The van der Waals surface area contributed by atoms with Crippen LogP contribution in [0.25, 0.3) is 0 Å². The number of rotatable bonds is 5. The van der Waals surface area contributed by atoms with E-state index in [-0.39, 0.29) is 6.04 Å². The van der Waals surface area contributed by atoms with Crippen molar-refractivity contribution in [1.29, 1.82) is 0 Å². The van der Waals surface area contributed by atoms with Crippen LogP contribution in [0.15, 0.2) is 18.3 Å². The van der Waals surface area contributed by atoms with Gasteiger partial charge < -0.3 is 10.5 Å². The number of hydrogen-bond acceptors (Lipinski definition) is 3. The highest BCUT2D eigenvalue weighted by Gasteiger charge is 2.14. The van der Waals surface area contributed by atoms with Crippen LogP contribution in [0.2, 0.25) is 0 Å². The maximum atomic E-state index is 5.93. The zero-order valence-electron chi connectivity index (χ0n) is 11.3. The molecule has 1 fully saturated rings. The van der Waals surface area contributed by atoms with Crippen molar-refractivity contribution in [3.8, 4) is 5.75 Å². The molecule has 1 aromatic heterocycles. The molecular formula is C15H24N2O. The van der Waals surface area contributed by atoms with Crippen molar-refractivity contribution in [2.24, 2.45) is 11.7 Å². The summed E-state index contributed by atoms with van der Waals surface area (Å²) in [6.45, 7) is 2.90. The van der Waals surface area contributed by atoms with Crippen LogP contribution in [-0.4, -0.2) is 11.6 Å². The van der Waals surface area contributed by atoms with Crippen molar-refractivity contribution < 1.29 is 4.74 Å². The summed E-state index contributed by atoms with van der Waals surface area (Å²) in [6.07, 6.45) is 9.44. The zero-order valence-corrected chi connectivity index (χ0v) is 11.3. The largest absolute Gasteiger partial charge is 0.492 e. The van der Waals surface area contributed by atoms with E-state index < -0.39 is 0 Å². The van der Waals surface area contributed by atoms with Gasteiger partial charge in [0.05, 0.1) is 18.5 Å². The highest BCUT2D eigenvalue weighted by Crippen LogP contribution is 2.24. The van der Waals surface area contributed by atoms with E-state index in [4.69, 9.17) is 10.5 Å². The Morgan fingerprint density at radius 2 is 2.11 bits per heavy atom. The van der Waals surface area contributed by atoms with Crippen LogP contribution < -0.4 is 10.5 Å². The first-order chi connectivity index (χ1) is 8.79. The highest BCUT2D eigenvalue weighted by atomic mass is 16.5. The van der Waals surface area contributed by atoms with Gasteiger partial charge in [-0.15, -0.1) is 0 Å². The molecule has 1 aliphatic carbocycles. The molecular weight excluding hydrogens is 224 g/mol. The molecule has 1 aromatic rings. The predicted octanol–water partition coefficient (Wildman–Crippen LogP) is 3.45. The molecule has 1 aliphatic rings. The molecule has 1 saturated carbocycles. The minimum Gasteiger partial charge on any atom is -0.492 e. The van der Waals surface area contributed by atoms with Crippen molar-refractivity contribution in [3.63, 3.8) is 0 Å². The molecule has 3 nitrogen and oxygen atoms in total. The highest BCUT2D eigenvalue weighted by molar-refractivity contribution is 5.21. The first-order valence-corrected chi connectivity index (χ1v) is 7.14.